The van der Waals surface area contributed by atoms with Crippen LogP contribution in [0.1, 0.15) is 31.2 Å². The largest absolute Gasteiger partial charge is 0.326 e. The van der Waals surface area contributed by atoms with E-state index in [0.717, 1.165) is 23.4 Å². The Morgan fingerprint density at radius 1 is 1.23 bits per heavy atom. The van der Waals surface area contributed by atoms with Crippen LogP contribution < -0.4 is 5.32 Å². The molecule has 22 heavy (non-hydrogen) atoms. The molecule has 0 radical (unpaired) electrons. The quantitative estimate of drug-likeness (QED) is 0.921. The fraction of sp³-hybridized carbons (Fsp3) is 0.368. The van der Waals surface area contributed by atoms with E-state index in [4.69, 9.17) is 0 Å². The molecule has 2 aromatic rings. The molecule has 1 aromatic heterocycles. The van der Waals surface area contributed by atoms with Crippen molar-refractivity contribution in [3.8, 4) is 11.3 Å². The van der Waals surface area contributed by atoms with Gasteiger partial charge in [-0.2, -0.15) is 0 Å². The summed E-state index contributed by atoms with van der Waals surface area (Å²) in [5.74, 6) is 0.423. The number of aryl methyl sites for hydroxylation is 1. The Bertz CT molecular complexity index is 719. The Morgan fingerprint density at radius 2 is 2.09 bits per heavy atom. The van der Waals surface area contributed by atoms with Crippen molar-refractivity contribution < 1.29 is 4.79 Å². The maximum absolute atomic E-state index is 12.5. The molecule has 1 spiro atoms. The van der Waals surface area contributed by atoms with Crippen molar-refractivity contribution in [3.05, 3.63) is 48.2 Å². The number of rotatable bonds is 3. The van der Waals surface area contributed by atoms with E-state index < -0.39 is 0 Å². The number of hydrogen-bond donors (Lipinski definition) is 1. The fourth-order valence-corrected chi connectivity index (χ4v) is 3.59. The van der Waals surface area contributed by atoms with Gasteiger partial charge in [0, 0.05) is 23.4 Å². The average Bonchev–Trinajstić information content (AvgIpc) is 3.32. The van der Waals surface area contributed by atoms with Crippen molar-refractivity contribution >= 4 is 11.6 Å². The zero-order valence-electron chi connectivity index (χ0n) is 12.8. The first-order chi connectivity index (χ1) is 10.7. The standard InChI is InChI=1S/C19H20N2O/c1-13-5-6-14(12-15(13)17-4-2-3-11-20-17)21-18(22)16-7-8-19(16)9-10-19/h2-6,11-12,16H,7-10H2,1H3,(H,21,22)/t16-/m1/s1. The van der Waals surface area contributed by atoms with Gasteiger partial charge < -0.3 is 5.32 Å². The van der Waals surface area contributed by atoms with E-state index in [1.807, 2.05) is 36.4 Å². The molecule has 0 aliphatic heterocycles. The van der Waals surface area contributed by atoms with Gasteiger partial charge in [0.1, 0.15) is 0 Å². The second-order valence-electron chi connectivity index (χ2n) is 6.69. The van der Waals surface area contributed by atoms with Crippen molar-refractivity contribution in [1.29, 1.82) is 0 Å². The van der Waals surface area contributed by atoms with Gasteiger partial charge in [-0.05, 0) is 67.9 Å². The van der Waals surface area contributed by atoms with Crippen LogP contribution in [0.4, 0.5) is 5.69 Å². The lowest BCUT2D eigenvalue weighted by molar-refractivity contribution is -0.125. The first kappa shape index (κ1) is 13.5. The third-order valence-electron chi connectivity index (χ3n) is 5.32. The molecule has 2 aliphatic rings. The zero-order chi connectivity index (χ0) is 15.2. The number of hydrogen-bond acceptors (Lipinski definition) is 2. The highest BCUT2D eigenvalue weighted by Crippen LogP contribution is 2.64. The predicted octanol–water partition coefficient (Wildman–Crippen LogP) is 4.19. The lowest BCUT2D eigenvalue weighted by atomic mass is 9.70. The van der Waals surface area contributed by atoms with E-state index in [9.17, 15) is 4.79 Å². The van der Waals surface area contributed by atoms with Crippen LogP contribution in [0.3, 0.4) is 0 Å². The topological polar surface area (TPSA) is 42.0 Å². The molecule has 1 amide bonds. The Labute approximate surface area is 130 Å². The van der Waals surface area contributed by atoms with Crippen LogP contribution in [-0.4, -0.2) is 10.9 Å². The molecule has 3 heteroatoms. The second kappa shape index (κ2) is 4.94. The molecular formula is C19H20N2O. The number of anilines is 1. The molecule has 1 N–H and O–H groups in total. The Hall–Kier alpha value is -2.16. The summed E-state index contributed by atoms with van der Waals surface area (Å²) in [7, 11) is 0. The van der Waals surface area contributed by atoms with Gasteiger partial charge in [0.25, 0.3) is 0 Å². The molecule has 112 valence electrons. The molecule has 2 aliphatic carbocycles. The molecule has 1 aromatic carbocycles. The summed E-state index contributed by atoms with van der Waals surface area (Å²) in [6, 6.07) is 12.0. The van der Waals surface area contributed by atoms with Crippen molar-refractivity contribution in [3.63, 3.8) is 0 Å². The normalized spacial score (nSPS) is 21.2. The summed E-state index contributed by atoms with van der Waals surface area (Å²) in [6.07, 6.45) is 6.55. The number of amides is 1. The molecule has 0 unspecified atom stereocenters. The van der Waals surface area contributed by atoms with Crippen LogP contribution in [0.2, 0.25) is 0 Å². The summed E-state index contributed by atoms with van der Waals surface area (Å²) < 4.78 is 0. The summed E-state index contributed by atoms with van der Waals surface area (Å²) >= 11 is 0. The van der Waals surface area contributed by atoms with E-state index in [2.05, 4.69) is 17.2 Å². The number of pyridine rings is 1. The molecule has 0 saturated heterocycles. The maximum Gasteiger partial charge on any atom is 0.228 e. The van der Waals surface area contributed by atoms with E-state index in [0.29, 0.717) is 5.41 Å². The first-order valence-electron chi connectivity index (χ1n) is 8.01. The van der Waals surface area contributed by atoms with Gasteiger partial charge in [0.05, 0.1) is 5.69 Å². The summed E-state index contributed by atoms with van der Waals surface area (Å²) in [6.45, 7) is 2.07. The van der Waals surface area contributed by atoms with Gasteiger partial charge in [0.2, 0.25) is 5.91 Å². The van der Waals surface area contributed by atoms with Gasteiger partial charge in [-0.15, -0.1) is 0 Å². The van der Waals surface area contributed by atoms with E-state index in [-0.39, 0.29) is 11.8 Å². The summed E-state index contributed by atoms with van der Waals surface area (Å²) in [5, 5.41) is 3.11. The van der Waals surface area contributed by atoms with Gasteiger partial charge in [-0.1, -0.05) is 12.1 Å². The SMILES string of the molecule is Cc1ccc(NC(=O)[C@H]2CCC23CC3)cc1-c1ccccn1. The lowest BCUT2D eigenvalue weighted by Gasteiger charge is -2.35. The number of benzene rings is 1. The Morgan fingerprint density at radius 3 is 2.73 bits per heavy atom. The van der Waals surface area contributed by atoms with Crippen molar-refractivity contribution in [2.75, 3.05) is 5.32 Å². The second-order valence-corrected chi connectivity index (χ2v) is 6.69. The lowest BCUT2D eigenvalue weighted by Crippen LogP contribution is -2.38. The highest BCUT2D eigenvalue weighted by atomic mass is 16.2. The summed E-state index contributed by atoms with van der Waals surface area (Å²) in [5.41, 5.74) is 4.43. The van der Waals surface area contributed by atoms with Crippen molar-refractivity contribution in [2.45, 2.75) is 32.6 Å². The maximum atomic E-state index is 12.5. The Kier molecular flexibility index (Phi) is 3.03. The molecule has 2 saturated carbocycles. The molecule has 1 heterocycles. The van der Waals surface area contributed by atoms with E-state index >= 15 is 0 Å². The van der Waals surface area contributed by atoms with Crippen molar-refractivity contribution in [1.82, 2.24) is 4.98 Å². The predicted molar refractivity (Wildman–Crippen MR) is 87.4 cm³/mol. The van der Waals surface area contributed by atoms with Crippen molar-refractivity contribution in [2.24, 2.45) is 11.3 Å². The third kappa shape index (κ3) is 2.21. The van der Waals surface area contributed by atoms with Gasteiger partial charge in [-0.3, -0.25) is 9.78 Å². The molecule has 4 rings (SSSR count). The first-order valence-corrected chi connectivity index (χ1v) is 8.01. The molecular weight excluding hydrogens is 272 g/mol. The van der Waals surface area contributed by atoms with Crippen LogP contribution in [-0.2, 0) is 4.79 Å². The summed E-state index contributed by atoms with van der Waals surface area (Å²) in [4.78, 5) is 16.9. The minimum Gasteiger partial charge on any atom is -0.326 e. The Balaban J connectivity index is 1.57. The number of aromatic nitrogens is 1. The van der Waals surface area contributed by atoms with Gasteiger partial charge in [-0.25, -0.2) is 0 Å². The number of carbonyl (C=O) groups excluding carboxylic acids is 1. The van der Waals surface area contributed by atoms with Crippen LogP contribution in [0.5, 0.6) is 0 Å². The molecule has 3 nitrogen and oxygen atoms in total. The van der Waals surface area contributed by atoms with Crippen LogP contribution >= 0.6 is 0 Å². The van der Waals surface area contributed by atoms with Gasteiger partial charge >= 0.3 is 0 Å². The zero-order valence-corrected chi connectivity index (χ0v) is 12.8. The average molecular weight is 292 g/mol. The molecule has 0 bridgehead atoms. The fourth-order valence-electron chi connectivity index (χ4n) is 3.59. The number of carbonyl (C=O) groups is 1. The van der Waals surface area contributed by atoms with E-state index in [1.54, 1.807) is 6.20 Å². The number of nitrogens with one attached hydrogen (secondary N) is 1. The number of nitrogens with zero attached hydrogens (tertiary/aromatic N) is 1. The third-order valence-corrected chi connectivity index (χ3v) is 5.32. The molecule has 1 atom stereocenters. The van der Waals surface area contributed by atoms with E-state index in [1.165, 1.54) is 24.8 Å². The minimum atomic E-state index is 0.194. The van der Waals surface area contributed by atoms with Crippen LogP contribution in [0.25, 0.3) is 11.3 Å². The smallest absolute Gasteiger partial charge is 0.228 e. The van der Waals surface area contributed by atoms with Crippen LogP contribution in [0.15, 0.2) is 42.6 Å². The minimum absolute atomic E-state index is 0.194. The van der Waals surface area contributed by atoms with Gasteiger partial charge in [0.15, 0.2) is 0 Å². The monoisotopic (exact) mass is 292 g/mol. The highest BCUT2D eigenvalue weighted by molar-refractivity contribution is 5.94. The highest BCUT2D eigenvalue weighted by Gasteiger charge is 2.58. The molecule has 2 fully saturated rings. The van der Waals surface area contributed by atoms with Crippen LogP contribution in [0, 0.1) is 18.3 Å².